The van der Waals surface area contributed by atoms with E-state index in [2.05, 4.69) is 65.3 Å². The largest absolute Gasteiger partial charge is 0 e. The number of hydrogen-bond acceptors (Lipinski definition) is 3. The zero-order valence-corrected chi connectivity index (χ0v) is 32.1. The number of thiophene rings is 1. The van der Waals surface area contributed by atoms with Gasteiger partial charge in [-0.3, -0.25) is 0 Å². The Kier molecular flexibility index (Phi) is 9.77. The zero-order valence-electron chi connectivity index (χ0n) is 30.8. The summed E-state index contributed by atoms with van der Waals surface area (Å²) < 4.78 is 47.7. The average molecular weight is 858 g/mol. The number of aromatic nitrogens is 2. The molecule has 3 aromatic carbocycles. The summed E-state index contributed by atoms with van der Waals surface area (Å²) >= 11 is -0.535. The molecule has 1 radical (unpaired) electrons. The monoisotopic (exact) mass is 859 g/mol. The average Bonchev–Trinajstić information content (AvgIpc) is 3.37. The fourth-order valence-corrected chi connectivity index (χ4v) is 9.87. The van der Waals surface area contributed by atoms with Crippen LogP contribution in [0, 0.1) is 30.7 Å². The van der Waals surface area contributed by atoms with E-state index in [1.165, 1.54) is 22.1 Å². The molecule has 2 nitrogen and oxygen atoms in total. The molecule has 6 heteroatoms. The first-order chi connectivity index (χ1) is 22.4. The van der Waals surface area contributed by atoms with Crippen molar-refractivity contribution in [2.45, 2.75) is 64.1 Å². The van der Waals surface area contributed by atoms with Gasteiger partial charge in [0.1, 0.15) is 5.82 Å². The van der Waals surface area contributed by atoms with Crippen molar-refractivity contribution in [1.29, 1.82) is 0 Å². The summed E-state index contributed by atoms with van der Waals surface area (Å²) in [4.78, 5) is 9.13. The number of pyridine rings is 2. The summed E-state index contributed by atoms with van der Waals surface area (Å²) in [5.41, 5.74) is 5.99. The first kappa shape index (κ1) is 29.7. The van der Waals surface area contributed by atoms with Crippen LogP contribution >= 0.6 is 11.3 Å². The summed E-state index contributed by atoms with van der Waals surface area (Å²) in [6.07, 6.45) is 4.81. The van der Waals surface area contributed by atoms with Crippen LogP contribution in [-0.2, 0) is 26.5 Å². The molecule has 3 aromatic heterocycles. The summed E-state index contributed by atoms with van der Waals surface area (Å²) in [7, 11) is 0. The fraction of sp³-hybridized carbons (Fsp3) is 0.282. The van der Waals surface area contributed by atoms with Crippen molar-refractivity contribution in [3.05, 3.63) is 114 Å². The van der Waals surface area contributed by atoms with Gasteiger partial charge in [-0.2, -0.15) is 11.3 Å². The second-order valence-electron chi connectivity index (χ2n) is 12.8. The van der Waals surface area contributed by atoms with Crippen molar-refractivity contribution in [2.24, 2.45) is 5.92 Å². The van der Waals surface area contributed by atoms with E-state index in [-0.39, 0.29) is 31.5 Å². The van der Waals surface area contributed by atoms with E-state index in [1.54, 1.807) is 29.5 Å². The standard InChI is InChI=1S/C21H17FNS.C18H24GeN.Ir/c1-13(2)10-14-8-9-23-19(11-14)18-5-3-4-17-16-7-6-15(22)12-20(16)24-21(17)18;1-13(2)16-11-18(15-9-7-14(3)8-10-15)20-12-17(16)19(4,5)6;/h3-4,6-9,11-13H,10H2,1-2H3;7-9,11-13H,1-6H3;/q2*-1;/i;3D3,13D;. The number of halogens is 1. The Labute approximate surface area is 293 Å². The van der Waals surface area contributed by atoms with Crippen LogP contribution in [0.4, 0.5) is 4.39 Å². The van der Waals surface area contributed by atoms with Crippen LogP contribution in [0.15, 0.2) is 79.1 Å². The number of fused-ring (bicyclic) bond motifs is 3. The van der Waals surface area contributed by atoms with E-state index in [1.807, 2.05) is 50.5 Å². The molecule has 0 atom stereocenters. The normalized spacial score (nSPS) is 13.4. The Bertz CT molecular complexity index is 2060. The molecule has 0 fully saturated rings. The molecule has 0 saturated heterocycles. The molecule has 0 spiro atoms. The van der Waals surface area contributed by atoms with Crippen LogP contribution in [0.25, 0.3) is 42.7 Å². The van der Waals surface area contributed by atoms with E-state index in [0.29, 0.717) is 5.92 Å². The SMILES string of the molecule is CC(C)Cc1ccnc(-c2[c-]ccc3c2sc2cc(F)ccc23)c1.[2H]C([2H])([2H])c1c[c-]c(-c2cc(C([2H])(C)C)[c]([Ge]([CH3])([CH3])[CH3])cn2)cc1.[Ir]. The quantitative estimate of drug-likeness (QED) is 0.123. The van der Waals surface area contributed by atoms with E-state index in [0.717, 1.165) is 54.7 Å². The predicted molar refractivity (Wildman–Crippen MR) is 190 cm³/mol. The molecule has 0 amide bonds. The number of rotatable bonds is 6. The van der Waals surface area contributed by atoms with Crippen molar-refractivity contribution in [3.63, 3.8) is 0 Å². The molecule has 0 aliphatic carbocycles. The third-order valence-electron chi connectivity index (χ3n) is 7.46. The van der Waals surface area contributed by atoms with Gasteiger partial charge in [-0.15, -0.1) is 23.8 Å². The summed E-state index contributed by atoms with van der Waals surface area (Å²) in [5.74, 6) is 6.59. The third-order valence-corrected chi connectivity index (χ3v) is 12.9. The van der Waals surface area contributed by atoms with E-state index >= 15 is 0 Å². The summed E-state index contributed by atoms with van der Waals surface area (Å²) in [5, 5.41) is 2.23. The Morgan fingerprint density at radius 1 is 0.933 bits per heavy atom. The number of nitrogens with zero attached hydrogens (tertiary/aromatic N) is 2. The molecule has 0 unspecified atom stereocenters. The van der Waals surface area contributed by atoms with Crippen LogP contribution < -0.4 is 4.40 Å². The van der Waals surface area contributed by atoms with Crippen LogP contribution in [0.5, 0.6) is 0 Å². The van der Waals surface area contributed by atoms with Crippen molar-refractivity contribution in [1.82, 2.24) is 9.97 Å². The topological polar surface area (TPSA) is 25.8 Å². The van der Waals surface area contributed by atoms with Gasteiger partial charge in [-0.05, 0) is 46.3 Å². The maximum absolute atomic E-state index is 13.5. The van der Waals surface area contributed by atoms with Gasteiger partial charge in [0.2, 0.25) is 0 Å². The van der Waals surface area contributed by atoms with Gasteiger partial charge in [0, 0.05) is 31.0 Å². The smallest absolute Gasteiger partial charge is 0 e. The number of aryl methyl sites for hydroxylation is 1. The molecule has 0 aliphatic rings. The Morgan fingerprint density at radius 2 is 1.73 bits per heavy atom. The second kappa shape index (κ2) is 14.8. The molecule has 0 N–H and O–H groups in total. The maximum atomic E-state index is 13.5. The second-order valence-corrected chi connectivity index (χ2v) is 24.5. The molecular weight excluding hydrogens is 812 g/mol. The minimum absolute atomic E-state index is 0. The Hall–Kier alpha value is -2.70. The third kappa shape index (κ3) is 8.37. The molecule has 3 heterocycles. The number of benzene rings is 3. The number of hydrogen-bond donors (Lipinski definition) is 0. The molecule has 0 aliphatic heterocycles. The molecular formula is C39H41FGeIrN2S-2. The van der Waals surface area contributed by atoms with Gasteiger partial charge < -0.3 is 4.98 Å². The van der Waals surface area contributed by atoms with Crippen LogP contribution in [-0.4, -0.2) is 23.2 Å². The summed E-state index contributed by atoms with van der Waals surface area (Å²) in [6.45, 7) is 6.09. The zero-order chi connectivity index (χ0) is 35.0. The van der Waals surface area contributed by atoms with E-state index in [9.17, 15) is 4.39 Å². The molecule has 0 bridgehead atoms. The van der Waals surface area contributed by atoms with Gasteiger partial charge >= 0.3 is 131 Å². The van der Waals surface area contributed by atoms with Crippen LogP contribution in [0.2, 0.25) is 17.3 Å². The van der Waals surface area contributed by atoms with Gasteiger partial charge in [0.05, 0.1) is 0 Å². The Morgan fingerprint density at radius 3 is 2.40 bits per heavy atom. The molecule has 6 aromatic rings. The van der Waals surface area contributed by atoms with Crippen LogP contribution in [0.3, 0.4) is 0 Å². The van der Waals surface area contributed by atoms with Crippen LogP contribution in [0.1, 0.15) is 55.8 Å². The van der Waals surface area contributed by atoms with Gasteiger partial charge in [-0.25, -0.2) is 4.39 Å². The van der Waals surface area contributed by atoms with Gasteiger partial charge in [0.15, 0.2) is 0 Å². The maximum Gasteiger partial charge on any atom is 0 e. The molecule has 235 valence electrons. The minimum Gasteiger partial charge on any atom is 0 e. The van der Waals surface area contributed by atoms with E-state index in [4.69, 9.17) is 5.48 Å². The van der Waals surface area contributed by atoms with Gasteiger partial charge in [0.25, 0.3) is 0 Å². The fourth-order valence-electron chi connectivity index (χ4n) is 5.31. The van der Waals surface area contributed by atoms with Crippen molar-refractivity contribution in [2.75, 3.05) is 0 Å². The predicted octanol–water partition coefficient (Wildman–Crippen LogP) is 10.8. The molecule has 45 heavy (non-hydrogen) atoms. The van der Waals surface area contributed by atoms with Crippen molar-refractivity contribution in [3.8, 4) is 22.5 Å². The Balaban J connectivity index is 0.000000216. The van der Waals surface area contributed by atoms with Crippen molar-refractivity contribution >= 4 is 49.2 Å². The first-order valence-electron chi connectivity index (χ1n) is 16.9. The van der Waals surface area contributed by atoms with E-state index < -0.39 is 26.0 Å². The molecule has 6 rings (SSSR count). The van der Waals surface area contributed by atoms with Gasteiger partial charge in [-0.1, -0.05) is 36.9 Å². The first-order valence-corrected chi connectivity index (χ1v) is 23.1. The molecule has 0 saturated carbocycles. The van der Waals surface area contributed by atoms with Crippen molar-refractivity contribution < 1.29 is 30.0 Å². The summed E-state index contributed by atoms with van der Waals surface area (Å²) in [6, 6.07) is 26.4. The minimum atomic E-state index is -2.14.